The molecule has 31 heavy (non-hydrogen) atoms. The van der Waals surface area contributed by atoms with Gasteiger partial charge in [-0.3, -0.25) is 0 Å². The van der Waals surface area contributed by atoms with Gasteiger partial charge in [-0.05, 0) is 48.0 Å². The summed E-state index contributed by atoms with van der Waals surface area (Å²) in [5.74, 6) is -1.56. The SMILES string of the molecule is CN(Cc1ccc(OC(C(=O)O)c2ccc[n+]([O-])c2)cc1)S(=O)(=O)c1ccc(F)cc1. The van der Waals surface area contributed by atoms with Gasteiger partial charge in [0.2, 0.25) is 16.1 Å². The summed E-state index contributed by atoms with van der Waals surface area (Å²) < 4.78 is 45.4. The van der Waals surface area contributed by atoms with Crippen molar-refractivity contribution in [2.75, 3.05) is 7.05 Å². The van der Waals surface area contributed by atoms with Gasteiger partial charge in [-0.2, -0.15) is 9.04 Å². The van der Waals surface area contributed by atoms with Crippen molar-refractivity contribution in [3.05, 3.63) is 95.2 Å². The van der Waals surface area contributed by atoms with Gasteiger partial charge < -0.3 is 15.1 Å². The summed E-state index contributed by atoms with van der Waals surface area (Å²) in [7, 11) is -2.41. The van der Waals surface area contributed by atoms with Crippen molar-refractivity contribution in [3.63, 3.8) is 0 Å². The lowest BCUT2D eigenvalue weighted by Gasteiger charge is -2.18. The number of hydrogen-bond acceptors (Lipinski definition) is 5. The molecule has 0 bridgehead atoms. The number of hydrogen-bond donors (Lipinski definition) is 1. The molecule has 1 N–H and O–H groups in total. The molecule has 0 aliphatic rings. The molecule has 0 aliphatic carbocycles. The highest BCUT2D eigenvalue weighted by Gasteiger charge is 2.24. The fourth-order valence-corrected chi connectivity index (χ4v) is 3.99. The third kappa shape index (κ3) is 5.36. The van der Waals surface area contributed by atoms with Crippen molar-refractivity contribution < 1.29 is 32.2 Å². The van der Waals surface area contributed by atoms with Crippen molar-refractivity contribution in [1.82, 2.24) is 4.31 Å². The Balaban J connectivity index is 1.72. The molecule has 3 aromatic rings. The van der Waals surface area contributed by atoms with E-state index in [0.717, 1.165) is 22.6 Å². The summed E-state index contributed by atoms with van der Waals surface area (Å²) in [4.78, 5) is 11.5. The van der Waals surface area contributed by atoms with E-state index >= 15 is 0 Å². The van der Waals surface area contributed by atoms with Crippen LogP contribution in [0.4, 0.5) is 4.39 Å². The van der Waals surface area contributed by atoms with E-state index in [-0.39, 0.29) is 22.8 Å². The van der Waals surface area contributed by atoms with Gasteiger partial charge in [0, 0.05) is 19.7 Å². The Kier molecular flexibility index (Phi) is 6.52. The number of benzene rings is 2. The second-order valence-corrected chi connectivity index (χ2v) is 8.74. The van der Waals surface area contributed by atoms with E-state index < -0.39 is 27.9 Å². The normalized spacial score (nSPS) is 12.5. The summed E-state index contributed by atoms with van der Waals surface area (Å²) in [6.45, 7) is 0.0389. The Morgan fingerprint density at radius 1 is 1.16 bits per heavy atom. The maximum atomic E-state index is 13.1. The second kappa shape index (κ2) is 9.11. The van der Waals surface area contributed by atoms with Gasteiger partial charge >= 0.3 is 5.97 Å². The predicted octanol–water partition coefficient (Wildman–Crippen LogP) is 2.48. The van der Waals surface area contributed by atoms with E-state index in [4.69, 9.17) is 4.74 Å². The van der Waals surface area contributed by atoms with Crippen LogP contribution in [-0.2, 0) is 21.4 Å². The Morgan fingerprint density at radius 2 is 1.81 bits per heavy atom. The zero-order valence-electron chi connectivity index (χ0n) is 16.4. The van der Waals surface area contributed by atoms with E-state index in [1.54, 1.807) is 12.1 Å². The van der Waals surface area contributed by atoms with Gasteiger partial charge in [-0.15, -0.1) is 0 Å². The van der Waals surface area contributed by atoms with Crippen molar-refractivity contribution in [2.24, 2.45) is 0 Å². The van der Waals surface area contributed by atoms with Gasteiger partial charge in [0.05, 0.1) is 10.5 Å². The number of sulfonamides is 1. The van der Waals surface area contributed by atoms with E-state index in [1.165, 1.54) is 49.6 Å². The first-order chi connectivity index (χ1) is 14.7. The number of carboxylic acids is 1. The zero-order chi connectivity index (χ0) is 22.6. The summed E-state index contributed by atoms with van der Waals surface area (Å²) in [6, 6.07) is 13.7. The van der Waals surface area contributed by atoms with Crippen LogP contribution in [0.2, 0.25) is 0 Å². The number of rotatable bonds is 8. The van der Waals surface area contributed by atoms with Crippen LogP contribution in [0.1, 0.15) is 17.2 Å². The first kappa shape index (κ1) is 22.2. The number of carboxylic acid groups (broad SMARTS) is 1. The molecule has 1 atom stereocenters. The van der Waals surface area contributed by atoms with Gasteiger partial charge in [-0.25, -0.2) is 17.6 Å². The molecule has 2 aromatic carbocycles. The van der Waals surface area contributed by atoms with Crippen LogP contribution in [0, 0.1) is 11.0 Å². The Hall–Kier alpha value is -3.50. The van der Waals surface area contributed by atoms with Gasteiger partial charge in [-0.1, -0.05) is 12.1 Å². The summed E-state index contributed by atoms with van der Waals surface area (Å²) in [5.41, 5.74) is 0.809. The standard InChI is InChI=1S/C21H19FN2O6S/c1-23(31(28,29)19-10-6-17(22)7-11-19)13-15-4-8-18(9-5-15)30-20(21(25)26)16-3-2-12-24(27)14-16/h2-12,14,20H,13H2,1H3,(H,25,26). The van der Waals surface area contributed by atoms with Gasteiger partial charge in [0.25, 0.3) is 0 Å². The third-order valence-electron chi connectivity index (χ3n) is 4.43. The van der Waals surface area contributed by atoms with Crippen molar-refractivity contribution in [3.8, 4) is 5.75 Å². The fourth-order valence-electron chi connectivity index (χ4n) is 2.83. The van der Waals surface area contributed by atoms with Crippen LogP contribution in [0.25, 0.3) is 0 Å². The number of nitrogens with zero attached hydrogens (tertiary/aromatic N) is 2. The minimum Gasteiger partial charge on any atom is -0.619 e. The third-order valence-corrected chi connectivity index (χ3v) is 6.25. The highest BCUT2D eigenvalue weighted by Crippen LogP contribution is 2.23. The first-order valence-electron chi connectivity index (χ1n) is 9.06. The smallest absolute Gasteiger partial charge is 0.349 e. The minimum atomic E-state index is -3.81. The van der Waals surface area contributed by atoms with Crippen molar-refractivity contribution in [1.29, 1.82) is 0 Å². The molecule has 162 valence electrons. The minimum absolute atomic E-state index is 0.0286. The Labute approximate surface area is 178 Å². The number of aliphatic carboxylic acids is 1. The van der Waals surface area contributed by atoms with E-state index in [2.05, 4.69) is 0 Å². The Bertz CT molecular complexity index is 1170. The number of carbonyl (C=O) groups is 1. The molecule has 0 amide bonds. The molecular formula is C21H19FN2O6S. The van der Waals surface area contributed by atoms with E-state index in [0.29, 0.717) is 10.3 Å². The number of aromatic nitrogens is 1. The Morgan fingerprint density at radius 3 is 2.39 bits per heavy atom. The number of pyridine rings is 1. The molecule has 0 saturated heterocycles. The molecule has 1 unspecified atom stereocenters. The second-order valence-electron chi connectivity index (χ2n) is 6.69. The lowest BCUT2D eigenvalue weighted by Crippen LogP contribution is -2.28. The number of halogens is 1. The molecule has 0 radical (unpaired) electrons. The van der Waals surface area contributed by atoms with E-state index in [1.807, 2.05) is 0 Å². The van der Waals surface area contributed by atoms with Crippen LogP contribution in [0.15, 0.2) is 78.0 Å². The molecule has 0 saturated carbocycles. The number of ether oxygens (including phenoxy) is 1. The largest absolute Gasteiger partial charge is 0.619 e. The van der Waals surface area contributed by atoms with Crippen LogP contribution >= 0.6 is 0 Å². The average Bonchev–Trinajstić information content (AvgIpc) is 2.73. The average molecular weight is 446 g/mol. The maximum Gasteiger partial charge on any atom is 0.349 e. The molecule has 10 heteroatoms. The molecular weight excluding hydrogens is 427 g/mol. The van der Waals surface area contributed by atoms with Crippen LogP contribution in [-0.4, -0.2) is 30.8 Å². The lowest BCUT2D eigenvalue weighted by molar-refractivity contribution is -0.606. The van der Waals surface area contributed by atoms with Crippen molar-refractivity contribution in [2.45, 2.75) is 17.5 Å². The molecule has 3 rings (SSSR count). The van der Waals surface area contributed by atoms with Crippen molar-refractivity contribution >= 4 is 16.0 Å². The quantitative estimate of drug-likeness (QED) is 0.420. The predicted molar refractivity (Wildman–Crippen MR) is 108 cm³/mol. The molecule has 0 aliphatic heterocycles. The highest BCUT2D eigenvalue weighted by molar-refractivity contribution is 7.89. The van der Waals surface area contributed by atoms with Crippen LogP contribution in [0.3, 0.4) is 0 Å². The molecule has 1 heterocycles. The van der Waals surface area contributed by atoms with E-state index in [9.17, 15) is 27.9 Å². The molecule has 8 nitrogen and oxygen atoms in total. The van der Waals surface area contributed by atoms with Gasteiger partial charge in [0.1, 0.15) is 11.6 Å². The van der Waals surface area contributed by atoms with Crippen LogP contribution < -0.4 is 9.47 Å². The first-order valence-corrected chi connectivity index (χ1v) is 10.5. The summed E-state index contributed by atoms with van der Waals surface area (Å²) >= 11 is 0. The topological polar surface area (TPSA) is 111 Å². The molecule has 1 aromatic heterocycles. The molecule has 0 fully saturated rings. The maximum absolute atomic E-state index is 13.1. The fraction of sp³-hybridized carbons (Fsp3) is 0.143. The summed E-state index contributed by atoms with van der Waals surface area (Å²) in [6.07, 6.45) is 0.963. The lowest BCUT2D eigenvalue weighted by atomic mass is 10.1. The highest BCUT2D eigenvalue weighted by atomic mass is 32.2. The van der Waals surface area contributed by atoms with Gasteiger partial charge in [0.15, 0.2) is 12.4 Å². The van der Waals surface area contributed by atoms with Crippen LogP contribution in [0.5, 0.6) is 5.75 Å². The molecule has 0 spiro atoms. The zero-order valence-corrected chi connectivity index (χ0v) is 17.2. The summed E-state index contributed by atoms with van der Waals surface area (Å²) in [5, 5.41) is 20.8. The monoisotopic (exact) mass is 446 g/mol.